The number of aliphatic hydroxyl groups excluding tert-OH is 1. The van der Waals surface area contributed by atoms with Crippen LogP contribution in [0.4, 0.5) is 0 Å². The van der Waals surface area contributed by atoms with Gasteiger partial charge in [-0.15, -0.1) is 11.3 Å². The molecule has 1 saturated heterocycles. The van der Waals surface area contributed by atoms with Crippen molar-refractivity contribution in [2.75, 3.05) is 13.7 Å². The van der Waals surface area contributed by atoms with Gasteiger partial charge in [0.05, 0.1) is 13.2 Å². The van der Waals surface area contributed by atoms with Crippen molar-refractivity contribution in [2.45, 2.75) is 38.0 Å². The molecule has 2 aromatic rings. The average Bonchev–Trinajstić information content (AvgIpc) is 3.20. The molecule has 2 atom stereocenters. The van der Waals surface area contributed by atoms with E-state index in [0.717, 1.165) is 30.1 Å². The first-order valence-electron chi connectivity index (χ1n) is 7.84. The number of likely N-dealkylation sites (tertiary alicyclic amines) is 1. The summed E-state index contributed by atoms with van der Waals surface area (Å²) in [6.07, 6.45) is 2.87. The third-order valence-corrected chi connectivity index (χ3v) is 5.36. The number of ether oxygens (including phenoxy) is 1. The molecule has 0 spiro atoms. The van der Waals surface area contributed by atoms with E-state index in [9.17, 15) is 5.11 Å². The molecular weight excluding hydrogens is 294 g/mol. The molecule has 1 aliphatic heterocycles. The number of nitrogens with zero attached hydrogens (tertiary/aromatic N) is 1. The van der Waals surface area contributed by atoms with Crippen molar-refractivity contribution in [2.24, 2.45) is 0 Å². The third kappa shape index (κ3) is 3.69. The Morgan fingerprint density at radius 2 is 2.27 bits per heavy atom. The molecule has 3 rings (SSSR count). The van der Waals surface area contributed by atoms with Crippen LogP contribution in [0.3, 0.4) is 0 Å². The third-order valence-electron chi connectivity index (χ3n) is 4.39. The van der Waals surface area contributed by atoms with Gasteiger partial charge < -0.3 is 9.84 Å². The van der Waals surface area contributed by atoms with Crippen LogP contribution in [0, 0.1) is 0 Å². The van der Waals surface area contributed by atoms with E-state index in [4.69, 9.17) is 4.74 Å². The molecule has 0 radical (unpaired) electrons. The van der Waals surface area contributed by atoms with E-state index in [1.165, 1.54) is 18.4 Å². The molecule has 0 aliphatic carbocycles. The molecule has 1 fully saturated rings. The molecule has 1 aromatic heterocycles. The fourth-order valence-electron chi connectivity index (χ4n) is 3.23. The summed E-state index contributed by atoms with van der Waals surface area (Å²) in [5, 5.41) is 12.4. The van der Waals surface area contributed by atoms with Crippen LogP contribution < -0.4 is 4.74 Å². The number of methoxy groups -OCH3 is 1. The summed E-state index contributed by atoms with van der Waals surface area (Å²) >= 11 is 1.64. The number of benzene rings is 1. The van der Waals surface area contributed by atoms with Gasteiger partial charge in [0.15, 0.2) is 0 Å². The molecule has 4 heteroatoms. The lowest BCUT2D eigenvalue weighted by molar-refractivity contribution is 0.120. The fourth-order valence-corrected chi connectivity index (χ4v) is 3.96. The molecule has 3 nitrogen and oxygen atoms in total. The number of aliphatic hydroxyl groups is 1. The molecule has 2 heterocycles. The van der Waals surface area contributed by atoms with Gasteiger partial charge in [-0.2, -0.15) is 0 Å². The summed E-state index contributed by atoms with van der Waals surface area (Å²) in [5.74, 6) is 0.909. The number of rotatable bonds is 6. The summed E-state index contributed by atoms with van der Waals surface area (Å²) in [4.78, 5) is 3.57. The molecule has 0 bridgehead atoms. The first-order valence-corrected chi connectivity index (χ1v) is 8.72. The minimum atomic E-state index is -0.337. The molecule has 0 amide bonds. The van der Waals surface area contributed by atoms with Crippen molar-refractivity contribution >= 4 is 11.3 Å². The standard InChI is InChI=1S/C18H23NO2S/c1-21-16-7-2-5-14(11-16)13-19-9-3-6-15(19)12-17(20)18-8-4-10-22-18/h2,4-5,7-8,10-11,15,17,20H,3,6,9,12-13H2,1H3. The van der Waals surface area contributed by atoms with E-state index < -0.39 is 0 Å². The Labute approximate surface area is 136 Å². The zero-order chi connectivity index (χ0) is 15.4. The van der Waals surface area contributed by atoms with Crippen LogP contribution in [-0.2, 0) is 6.54 Å². The van der Waals surface area contributed by atoms with E-state index in [1.807, 2.05) is 29.6 Å². The molecule has 22 heavy (non-hydrogen) atoms. The van der Waals surface area contributed by atoms with Gasteiger partial charge in [0.2, 0.25) is 0 Å². The predicted molar refractivity (Wildman–Crippen MR) is 90.3 cm³/mol. The van der Waals surface area contributed by atoms with E-state index in [0.29, 0.717) is 6.04 Å². The quantitative estimate of drug-likeness (QED) is 0.878. The smallest absolute Gasteiger partial charge is 0.119 e. The lowest BCUT2D eigenvalue weighted by atomic mass is 10.1. The van der Waals surface area contributed by atoms with Crippen LogP contribution in [0.15, 0.2) is 41.8 Å². The summed E-state index contributed by atoms with van der Waals surface area (Å²) in [5.41, 5.74) is 1.27. The predicted octanol–water partition coefficient (Wildman–Crippen LogP) is 3.84. The van der Waals surface area contributed by atoms with Gasteiger partial charge in [-0.25, -0.2) is 0 Å². The van der Waals surface area contributed by atoms with Crippen LogP contribution in [0.1, 0.15) is 35.8 Å². The van der Waals surface area contributed by atoms with E-state index in [-0.39, 0.29) is 6.10 Å². The summed E-state index contributed by atoms with van der Waals surface area (Å²) < 4.78 is 5.30. The maximum Gasteiger partial charge on any atom is 0.119 e. The van der Waals surface area contributed by atoms with E-state index >= 15 is 0 Å². The van der Waals surface area contributed by atoms with Gasteiger partial charge in [0.1, 0.15) is 5.75 Å². The first kappa shape index (κ1) is 15.5. The highest BCUT2D eigenvalue weighted by molar-refractivity contribution is 7.10. The average molecular weight is 317 g/mol. The van der Waals surface area contributed by atoms with Gasteiger partial charge in [0.25, 0.3) is 0 Å². The zero-order valence-electron chi connectivity index (χ0n) is 12.9. The molecule has 2 unspecified atom stereocenters. The van der Waals surface area contributed by atoms with Crippen molar-refractivity contribution in [3.8, 4) is 5.75 Å². The van der Waals surface area contributed by atoms with Crippen molar-refractivity contribution in [1.29, 1.82) is 0 Å². The van der Waals surface area contributed by atoms with Crippen LogP contribution >= 0.6 is 11.3 Å². The summed E-state index contributed by atoms with van der Waals surface area (Å²) in [6.45, 7) is 2.04. The molecule has 1 N–H and O–H groups in total. The maximum atomic E-state index is 10.4. The fraction of sp³-hybridized carbons (Fsp3) is 0.444. The Bertz CT molecular complexity index is 585. The van der Waals surface area contributed by atoms with Crippen LogP contribution in [0.5, 0.6) is 5.75 Å². The normalized spacial score (nSPS) is 20.2. The molecule has 118 valence electrons. The first-order chi connectivity index (χ1) is 10.8. The van der Waals surface area contributed by atoms with Crippen molar-refractivity contribution in [1.82, 2.24) is 4.90 Å². The highest BCUT2D eigenvalue weighted by Gasteiger charge is 2.27. The number of thiophene rings is 1. The van der Waals surface area contributed by atoms with Gasteiger partial charge in [0, 0.05) is 17.5 Å². The monoisotopic (exact) mass is 317 g/mol. The van der Waals surface area contributed by atoms with Gasteiger partial charge in [-0.05, 0) is 54.9 Å². The summed E-state index contributed by atoms with van der Waals surface area (Å²) in [6, 6.07) is 12.8. The van der Waals surface area contributed by atoms with Crippen LogP contribution in [0.2, 0.25) is 0 Å². The number of hydrogen-bond acceptors (Lipinski definition) is 4. The lowest BCUT2D eigenvalue weighted by Gasteiger charge is -2.26. The Kier molecular flexibility index (Phi) is 5.13. The molecular formula is C18H23NO2S. The Hall–Kier alpha value is -1.36. The van der Waals surface area contributed by atoms with Gasteiger partial charge in [-0.1, -0.05) is 18.2 Å². The Balaban J connectivity index is 1.62. The molecule has 1 aromatic carbocycles. The Morgan fingerprint density at radius 1 is 1.36 bits per heavy atom. The molecule has 1 aliphatic rings. The minimum Gasteiger partial charge on any atom is -0.497 e. The summed E-state index contributed by atoms with van der Waals surface area (Å²) in [7, 11) is 1.70. The van der Waals surface area contributed by atoms with Crippen molar-refractivity contribution in [3.63, 3.8) is 0 Å². The van der Waals surface area contributed by atoms with Crippen molar-refractivity contribution in [3.05, 3.63) is 52.2 Å². The minimum absolute atomic E-state index is 0.337. The second kappa shape index (κ2) is 7.27. The maximum absolute atomic E-state index is 10.4. The number of hydrogen-bond donors (Lipinski definition) is 1. The van der Waals surface area contributed by atoms with E-state index in [2.05, 4.69) is 17.0 Å². The highest BCUT2D eigenvalue weighted by Crippen LogP contribution is 2.30. The second-order valence-electron chi connectivity index (χ2n) is 5.88. The highest BCUT2D eigenvalue weighted by atomic mass is 32.1. The zero-order valence-corrected chi connectivity index (χ0v) is 13.8. The topological polar surface area (TPSA) is 32.7 Å². The van der Waals surface area contributed by atoms with Crippen LogP contribution in [-0.4, -0.2) is 29.7 Å². The van der Waals surface area contributed by atoms with E-state index in [1.54, 1.807) is 18.4 Å². The van der Waals surface area contributed by atoms with Gasteiger partial charge >= 0.3 is 0 Å². The van der Waals surface area contributed by atoms with Crippen LogP contribution in [0.25, 0.3) is 0 Å². The molecule has 0 saturated carbocycles. The van der Waals surface area contributed by atoms with Crippen molar-refractivity contribution < 1.29 is 9.84 Å². The Morgan fingerprint density at radius 3 is 3.05 bits per heavy atom. The largest absolute Gasteiger partial charge is 0.497 e. The lowest BCUT2D eigenvalue weighted by Crippen LogP contribution is -2.30. The SMILES string of the molecule is COc1cccc(CN2CCCC2CC(O)c2cccs2)c1. The second-order valence-corrected chi connectivity index (χ2v) is 6.86. The van der Waals surface area contributed by atoms with Gasteiger partial charge in [-0.3, -0.25) is 4.90 Å².